The molecule has 3 rings (SSSR count). The van der Waals surface area contributed by atoms with Gasteiger partial charge in [-0.25, -0.2) is 0 Å². The van der Waals surface area contributed by atoms with Crippen LogP contribution in [-0.2, 0) is 12.6 Å². The Kier molecular flexibility index (Phi) is 2.35. The summed E-state index contributed by atoms with van der Waals surface area (Å²) in [4.78, 5) is 0. The molecule has 0 amide bonds. The predicted molar refractivity (Wildman–Crippen MR) is 100 cm³/mol. The lowest BCUT2D eigenvalue weighted by Crippen LogP contribution is -2.20. The van der Waals surface area contributed by atoms with Gasteiger partial charge < -0.3 is 5.32 Å². The first-order valence-electron chi connectivity index (χ1n) is 14.5. The van der Waals surface area contributed by atoms with Gasteiger partial charge in [-0.1, -0.05) is 60.4 Å². The highest BCUT2D eigenvalue weighted by atomic mass is 19.4. The molecule has 1 atom stereocenters. The van der Waals surface area contributed by atoms with Gasteiger partial charge in [0.1, 0.15) is 0 Å². The molecular weight excluding hydrogens is 335 g/mol. The van der Waals surface area contributed by atoms with Crippen molar-refractivity contribution in [3.05, 3.63) is 83.2 Å². The van der Waals surface area contributed by atoms with Gasteiger partial charge in [0.25, 0.3) is 0 Å². The van der Waals surface area contributed by atoms with Gasteiger partial charge in [-0.2, -0.15) is 13.2 Å². The fourth-order valence-corrected chi connectivity index (χ4v) is 2.19. The molecule has 0 aliphatic carbocycles. The molecule has 1 nitrogen and oxygen atoms in total. The first-order valence-corrected chi connectivity index (χ1v) is 7.52. The van der Waals surface area contributed by atoms with Gasteiger partial charge in [-0.05, 0) is 54.2 Å². The van der Waals surface area contributed by atoms with Crippen molar-refractivity contribution in [1.29, 1.82) is 0 Å². The van der Waals surface area contributed by atoms with Gasteiger partial charge in [0.2, 0.25) is 0 Å². The van der Waals surface area contributed by atoms with Gasteiger partial charge >= 0.3 is 6.18 Å². The quantitative estimate of drug-likeness (QED) is 0.548. The molecule has 0 saturated heterocycles. The molecule has 1 N–H and O–H groups in total. The molecule has 0 aliphatic rings. The van der Waals surface area contributed by atoms with Crippen molar-refractivity contribution in [3.63, 3.8) is 0 Å². The number of hydrogen-bond acceptors (Lipinski definition) is 1. The second-order valence-electron chi connectivity index (χ2n) is 5.28. The van der Waals surface area contributed by atoms with Crippen molar-refractivity contribution < 1.29 is 32.4 Å². The molecule has 0 spiro atoms. The minimum Gasteiger partial charge on any atom is -0.310 e. The van der Waals surface area contributed by atoms with Crippen molar-refractivity contribution in [3.8, 4) is 0 Å². The van der Waals surface area contributed by atoms with Crippen molar-refractivity contribution in [1.82, 2.24) is 5.32 Å². The molecule has 0 fully saturated rings. The van der Waals surface area contributed by atoms with Crippen LogP contribution in [0.3, 0.4) is 0 Å². The maximum Gasteiger partial charge on any atom is 0.416 e. The molecule has 0 saturated carbocycles. The molecule has 3 aromatic carbocycles. The zero-order valence-corrected chi connectivity index (χ0v) is 13.5. The van der Waals surface area contributed by atoms with E-state index in [-0.39, 0.29) is 0 Å². The van der Waals surface area contributed by atoms with Crippen LogP contribution in [0.1, 0.15) is 55.2 Å². The van der Waals surface area contributed by atoms with E-state index in [1.165, 1.54) is 0 Å². The Balaban J connectivity index is 2.11. The molecule has 0 heterocycles. The van der Waals surface area contributed by atoms with E-state index in [0.29, 0.717) is 0 Å². The van der Waals surface area contributed by atoms with Crippen LogP contribution in [0, 0.1) is 0 Å². The first-order chi connectivity index (χ1) is 18.1. The van der Waals surface area contributed by atoms with E-state index < -0.39 is 125 Å². The highest BCUT2D eigenvalue weighted by Gasteiger charge is 2.30. The Hall–Kier alpha value is -2.33. The highest BCUT2D eigenvalue weighted by Crippen LogP contribution is 2.29. The molecule has 0 bridgehead atoms. The number of halogens is 3. The summed E-state index contributed by atoms with van der Waals surface area (Å²) in [6, 6.07) is -12.0. The minimum atomic E-state index is -5.17. The summed E-state index contributed by atoms with van der Waals surface area (Å²) in [6.45, 7) is -1.63. The third kappa shape index (κ3) is 4.44. The second kappa shape index (κ2) is 7.92. The Labute approximate surface area is 171 Å². The van der Waals surface area contributed by atoms with E-state index in [2.05, 4.69) is 5.32 Å². The van der Waals surface area contributed by atoms with Gasteiger partial charge in [-0.3, -0.25) is 0 Å². The van der Waals surface area contributed by atoms with Crippen LogP contribution in [0.2, 0.25) is 0 Å². The van der Waals surface area contributed by atoms with E-state index in [4.69, 9.17) is 19.2 Å². The first kappa shape index (κ1) is 7.73. The van der Waals surface area contributed by atoms with Crippen LogP contribution in [0.5, 0.6) is 0 Å². The largest absolute Gasteiger partial charge is 0.416 e. The number of rotatable bonds is 6. The lowest BCUT2D eigenvalue weighted by molar-refractivity contribution is -0.137. The van der Waals surface area contributed by atoms with E-state index in [1.54, 1.807) is 0 Å². The Morgan fingerprint density at radius 2 is 1.81 bits per heavy atom. The summed E-state index contributed by atoms with van der Waals surface area (Å²) in [5.74, 6) is 0. The van der Waals surface area contributed by atoms with Gasteiger partial charge in [0.05, 0.1) is 22.0 Å². The average Bonchev–Trinajstić information content (AvgIpc) is 2.81. The number of fused-ring (bicyclic) bond motifs is 1. The summed E-state index contributed by atoms with van der Waals surface area (Å²) < 4.78 is 154. The Morgan fingerprint density at radius 1 is 1.08 bits per heavy atom. The minimum absolute atomic E-state index is 0.445. The fraction of sp³-hybridized carbons (Fsp3) is 0.273. The molecule has 0 radical (unpaired) electrons. The summed E-state index contributed by atoms with van der Waals surface area (Å²) >= 11 is 0. The average molecular weight is 372 g/mol. The second-order valence-corrected chi connectivity index (χ2v) is 5.28. The lowest BCUT2D eigenvalue weighted by Gasteiger charge is -2.17. The molecule has 26 heavy (non-hydrogen) atoms. The van der Waals surface area contributed by atoms with Crippen LogP contribution < -0.4 is 5.32 Å². The van der Waals surface area contributed by atoms with E-state index in [0.717, 1.165) is 6.92 Å². The molecular formula is C22H22F3N. The summed E-state index contributed by atoms with van der Waals surface area (Å²) in [5, 5.41) is 1.35. The molecule has 0 unspecified atom stereocenters. The molecule has 3 aromatic rings. The maximum atomic E-state index is 13.4. The summed E-state index contributed by atoms with van der Waals surface area (Å²) in [6.07, 6.45) is -6.61. The Morgan fingerprint density at radius 3 is 2.62 bits per heavy atom. The van der Waals surface area contributed by atoms with E-state index >= 15 is 0 Å². The number of alkyl halides is 3. The van der Waals surface area contributed by atoms with Crippen LogP contribution in [0.25, 0.3) is 10.8 Å². The predicted octanol–water partition coefficient (Wildman–Crippen LogP) is 6.14. The lowest BCUT2D eigenvalue weighted by atomic mass is 9.99. The van der Waals surface area contributed by atoms with Crippen LogP contribution >= 0.6 is 0 Å². The fourth-order valence-electron chi connectivity index (χ4n) is 2.19. The van der Waals surface area contributed by atoms with Crippen LogP contribution in [0.4, 0.5) is 13.2 Å². The molecule has 136 valence electrons. The topological polar surface area (TPSA) is 12.0 Å². The Bertz CT molecular complexity index is 1530. The summed E-state index contributed by atoms with van der Waals surface area (Å²) in [7, 11) is 0. The van der Waals surface area contributed by atoms with Gasteiger partial charge in [0, 0.05) is 8.76 Å². The summed E-state index contributed by atoms with van der Waals surface area (Å²) in [5.41, 5.74) is -2.91. The zero-order valence-electron chi connectivity index (χ0n) is 27.5. The van der Waals surface area contributed by atoms with Crippen molar-refractivity contribution in [2.75, 3.05) is 6.50 Å². The van der Waals surface area contributed by atoms with Crippen LogP contribution in [-0.4, -0.2) is 6.50 Å². The zero-order chi connectivity index (χ0) is 30.9. The number of benzene rings is 3. The van der Waals surface area contributed by atoms with Crippen molar-refractivity contribution >= 4 is 10.8 Å². The van der Waals surface area contributed by atoms with Crippen molar-refractivity contribution in [2.45, 2.75) is 32.0 Å². The standard InChI is InChI=1S/C22H22F3N/c1-16(20-13-5-10-18-9-2-3-12-21(18)20)26-14-6-8-17-7-4-11-19(15-17)22(23,24)25/h2-5,7,9-13,15-16,26H,6,8,14H2,1H3/t16-/m0/s1/i2D,3D,4D,5D,7D,9D,10D,11D,12D,13D,14D2,15D,16D. The number of hydrogen-bond donors (Lipinski definition) is 1. The highest BCUT2D eigenvalue weighted by molar-refractivity contribution is 5.86. The van der Waals surface area contributed by atoms with Gasteiger partial charge in [0.15, 0.2) is 0 Å². The molecule has 4 heteroatoms. The third-order valence-electron chi connectivity index (χ3n) is 3.42. The smallest absolute Gasteiger partial charge is 0.310 e. The van der Waals surface area contributed by atoms with Crippen LogP contribution in [0.15, 0.2) is 66.5 Å². The third-order valence-corrected chi connectivity index (χ3v) is 3.42. The molecule has 0 aromatic heterocycles. The normalized spacial score (nSPS) is 22.5. The van der Waals surface area contributed by atoms with E-state index in [1.807, 2.05) is 0 Å². The monoisotopic (exact) mass is 371 g/mol. The SMILES string of the molecule is [2H]c1c([2H])c(CCC([2H])([2H])N[C@@]([2H])(C)c2c([2H])c([2H])c([2H])c3c([2H])c([2H])c([2H])c([2H])c23)c([2H])c(C(F)(F)F)c1[2H]. The maximum absolute atomic E-state index is 13.4. The number of nitrogens with one attached hydrogen (secondary N) is 1. The van der Waals surface area contributed by atoms with E-state index in [9.17, 15) is 13.2 Å². The van der Waals surface area contributed by atoms with Gasteiger partial charge in [-0.15, -0.1) is 0 Å². The van der Waals surface area contributed by atoms with Crippen molar-refractivity contribution in [2.24, 2.45) is 0 Å². The molecule has 0 aliphatic heterocycles.